The minimum atomic E-state index is -1.11. The minimum absolute atomic E-state index is 0.0255. The van der Waals surface area contributed by atoms with Crippen LogP contribution in [0.5, 0.6) is 5.95 Å². The van der Waals surface area contributed by atoms with Gasteiger partial charge in [-0.2, -0.15) is 0 Å². The summed E-state index contributed by atoms with van der Waals surface area (Å²) < 4.78 is 10.5. The number of aromatic nitrogens is 1. The van der Waals surface area contributed by atoms with Gasteiger partial charge in [0.15, 0.2) is 0 Å². The number of carboxylic acid groups (broad SMARTS) is 1. The van der Waals surface area contributed by atoms with Crippen LogP contribution in [-0.4, -0.2) is 22.7 Å². The van der Waals surface area contributed by atoms with Crippen molar-refractivity contribution in [1.29, 1.82) is 0 Å². The fraction of sp³-hybridized carbons (Fsp3) is 0.636. The number of carbonyl (C=O) groups is 1. The number of carboxylic acids is 1. The lowest BCUT2D eigenvalue weighted by Crippen LogP contribution is -2.02. The third-order valence-electron chi connectivity index (χ3n) is 2.81. The zero-order chi connectivity index (χ0) is 11.7. The monoisotopic (exact) mass is 225 g/mol. The second kappa shape index (κ2) is 4.15. The van der Waals surface area contributed by atoms with Crippen LogP contribution in [0.2, 0.25) is 0 Å². The lowest BCUT2D eigenvalue weighted by atomic mass is 10.1. The molecule has 16 heavy (non-hydrogen) atoms. The van der Waals surface area contributed by atoms with Crippen LogP contribution in [0, 0.1) is 5.92 Å². The van der Waals surface area contributed by atoms with Crippen molar-refractivity contribution in [3.63, 3.8) is 0 Å². The van der Waals surface area contributed by atoms with E-state index >= 15 is 0 Å². The summed E-state index contributed by atoms with van der Waals surface area (Å²) in [7, 11) is 0. The maximum Gasteiger partial charge on any atom is 0.362 e. The highest BCUT2D eigenvalue weighted by atomic mass is 16.6. The Morgan fingerprint density at radius 2 is 2.38 bits per heavy atom. The van der Waals surface area contributed by atoms with Crippen LogP contribution in [0.1, 0.15) is 49.0 Å². The average molecular weight is 225 g/mol. The number of hydrogen-bond acceptors (Lipinski definition) is 4. The number of hydrogen-bond donors (Lipinski definition) is 1. The van der Waals surface area contributed by atoms with E-state index in [-0.39, 0.29) is 17.6 Å². The molecule has 1 heterocycles. The number of aromatic carboxylic acids is 1. The maximum absolute atomic E-state index is 10.9. The highest BCUT2D eigenvalue weighted by Crippen LogP contribution is 2.42. The third-order valence-corrected chi connectivity index (χ3v) is 2.81. The van der Waals surface area contributed by atoms with Crippen molar-refractivity contribution < 1.29 is 19.1 Å². The highest BCUT2D eigenvalue weighted by molar-refractivity contribution is 5.87. The van der Waals surface area contributed by atoms with Gasteiger partial charge in [-0.05, 0) is 25.7 Å². The standard InChI is InChI=1S/C11H15NO4/c1-3-15-11-8(10(13)14)12-9(16-11)6(2)7-4-5-7/h6-7H,3-5H2,1-2H3,(H,13,14). The van der Waals surface area contributed by atoms with Crippen LogP contribution in [0.3, 0.4) is 0 Å². The molecule has 1 N–H and O–H groups in total. The SMILES string of the molecule is CCOc1oc(C(C)C2CC2)nc1C(=O)O. The lowest BCUT2D eigenvalue weighted by molar-refractivity contribution is 0.0683. The molecule has 1 atom stereocenters. The molecule has 0 amide bonds. The molecule has 2 rings (SSSR count). The van der Waals surface area contributed by atoms with E-state index in [0.717, 1.165) is 12.8 Å². The fourth-order valence-corrected chi connectivity index (χ4v) is 1.68. The van der Waals surface area contributed by atoms with Gasteiger partial charge in [0.25, 0.3) is 0 Å². The molecule has 0 bridgehead atoms. The Hall–Kier alpha value is -1.52. The first kappa shape index (κ1) is 11.0. The summed E-state index contributed by atoms with van der Waals surface area (Å²) in [5.41, 5.74) is -0.121. The van der Waals surface area contributed by atoms with Crippen LogP contribution < -0.4 is 4.74 Å². The molecule has 1 aliphatic carbocycles. The average Bonchev–Trinajstić information content (AvgIpc) is 2.99. The molecule has 88 valence electrons. The molecule has 1 fully saturated rings. The zero-order valence-corrected chi connectivity index (χ0v) is 9.40. The van der Waals surface area contributed by atoms with Gasteiger partial charge in [-0.3, -0.25) is 0 Å². The molecule has 1 saturated carbocycles. The summed E-state index contributed by atoms with van der Waals surface area (Å²) >= 11 is 0. The smallest absolute Gasteiger partial charge is 0.362 e. The molecule has 0 aromatic carbocycles. The number of nitrogens with zero attached hydrogens (tertiary/aromatic N) is 1. The zero-order valence-electron chi connectivity index (χ0n) is 9.40. The number of ether oxygens (including phenoxy) is 1. The lowest BCUT2D eigenvalue weighted by Gasteiger charge is -2.02. The Morgan fingerprint density at radius 3 is 2.88 bits per heavy atom. The topological polar surface area (TPSA) is 72.6 Å². The molecule has 0 spiro atoms. The van der Waals surface area contributed by atoms with Gasteiger partial charge in [0.2, 0.25) is 11.6 Å². The molecule has 1 aliphatic rings. The largest absolute Gasteiger partial charge is 0.476 e. The van der Waals surface area contributed by atoms with Gasteiger partial charge >= 0.3 is 11.9 Å². The van der Waals surface area contributed by atoms with Crippen LogP contribution in [0.25, 0.3) is 0 Å². The Morgan fingerprint density at radius 1 is 1.69 bits per heavy atom. The van der Waals surface area contributed by atoms with Crippen molar-refractivity contribution in [3.8, 4) is 5.95 Å². The molecule has 5 nitrogen and oxygen atoms in total. The maximum atomic E-state index is 10.9. The predicted molar refractivity (Wildman–Crippen MR) is 55.8 cm³/mol. The Labute approximate surface area is 93.4 Å². The molecule has 1 aromatic heterocycles. The molecule has 1 unspecified atom stereocenters. The summed E-state index contributed by atoms with van der Waals surface area (Å²) in [5, 5.41) is 8.94. The molecule has 0 aliphatic heterocycles. The van der Waals surface area contributed by atoms with Crippen molar-refractivity contribution in [2.75, 3.05) is 6.61 Å². The van der Waals surface area contributed by atoms with Crippen LogP contribution >= 0.6 is 0 Å². The summed E-state index contributed by atoms with van der Waals surface area (Å²) in [4.78, 5) is 14.9. The van der Waals surface area contributed by atoms with E-state index in [0.29, 0.717) is 18.4 Å². The number of rotatable bonds is 5. The van der Waals surface area contributed by atoms with Gasteiger partial charge in [0.05, 0.1) is 6.61 Å². The quantitative estimate of drug-likeness (QED) is 0.832. The first-order valence-electron chi connectivity index (χ1n) is 5.50. The molecule has 0 saturated heterocycles. The summed E-state index contributed by atoms with van der Waals surface area (Å²) in [6, 6.07) is 0. The van der Waals surface area contributed by atoms with E-state index in [1.165, 1.54) is 0 Å². The summed E-state index contributed by atoms with van der Waals surface area (Å²) in [6.07, 6.45) is 2.33. The Bertz CT molecular complexity index is 395. The molecule has 0 radical (unpaired) electrons. The van der Waals surface area contributed by atoms with Gasteiger partial charge in [-0.1, -0.05) is 6.92 Å². The van der Waals surface area contributed by atoms with Gasteiger partial charge in [-0.25, -0.2) is 9.78 Å². The van der Waals surface area contributed by atoms with Gasteiger partial charge in [-0.15, -0.1) is 0 Å². The van der Waals surface area contributed by atoms with Crippen LogP contribution in [-0.2, 0) is 0 Å². The van der Waals surface area contributed by atoms with Crippen molar-refractivity contribution in [1.82, 2.24) is 4.98 Å². The first-order valence-corrected chi connectivity index (χ1v) is 5.50. The van der Waals surface area contributed by atoms with E-state index < -0.39 is 5.97 Å². The third kappa shape index (κ3) is 2.03. The van der Waals surface area contributed by atoms with E-state index in [9.17, 15) is 4.79 Å². The molecule has 1 aromatic rings. The Balaban J connectivity index is 2.25. The Kier molecular flexibility index (Phi) is 2.85. The normalized spacial score (nSPS) is 17.1. The van der Waals surface area contributed by atoms with Gasteiger partial charge in [0.1, 0.15) is 0 Å². The fourth-order valence-electron chi connectivity index (χ4n) is 1.68. The van der Waals surface area contributed by atoms with Crippen molar-refractivity contribution in [2.45, 2.75) is 32.6 Å². The van der Waals surface area contributed by atoms with Crippen molar-refractivity contribution in [3.05, 3.63) is 11.6 Å². The molecular formula is C11H15NO4. The van der Waals surface area contributed by atoms with Crippen LogP contribution in [0.4, 0.5) is 0 Å². The van der Waals surface area contributed by atoms with Crippen molar-refractivity contribution >= 4 is 5.97 Å². The molecule has 5 heteroatoms. The molecular weight excluding hydrogens is 210 g/mol. The van der Waals surface area contributed by atoms with E-state index in [4.69, 9.17) is 14.3 Å². The first-order chi connectivity index (χ1) is 7.63. The summed E-state index contributed by atoms with van der Waals surface area (Å²) in [6.45, 7) is 4.15. The van der Waals surface area contributed by atoms with Crippen molar-refractivity contribution in [2.24, 2.45) is 5.92 Å². The van der Waals surface area contributed by atoms with E-state index in [1.54, 1.807) is 6.92 Å². The second-order valence-electron chi connectivity index (χ2n) is 4.05. The van der Waals surface area contributed by atoms with Gasteiger partial charge < -0.3 is 14.3 Å². The second-order valence-corrected chi connectivity index (χ2v) is 4.05. The van der Waals surface area contributed by atoms with E-state index in [2.05, 4.69) is 4.98 Å². The number of oxazole rings is 1. The predicted octanol–water partition coefficient (Wildman–Crippen LogP) is 2.28. The highest BCUT2D eigenvalue weighted by Gasteiger charge is 2.34. The van der Waals surface area contributed by atoms with Crippen LogP contribution in [0.15, 0.2) is 4.42 Å². The van der Waals surface area contributed by atoms with Gasteiger partial charge in [0, 0.05) is 5.92 Å². The minimum Gasteiger partial charge on any atom is -0.476 e. The van der Waals surface area contributed by atoms with E-state index in [1.807, 2.05) is 6.92 Å². The summed E-state index contributed by atoms with van der Waals surface area (Å²) in [5.74, 6) is 0.143.